The van der Waals surface area contributed by atoms with E-state index in [9.17, 15) is 19.2 Å². The molecular weight excluding hydrogens is 512 g/mol. The van der Waals surface area contributed by atoms with Gasteiger partial charge < -0.3 is 4.74 Å². The zero-order valence-electron chi connectivity index (χ0n) is 21.1. The van der Waals surface area contributed by atoms with Gasteiger partial charge in [0.15, 0.2) is 6.61 Å². The summed E-state index contributed by atoms with van der Waals surface area (Å²) in [5, 5.41) is 2.41. The lowest BCUT2D eigenvalue weighted by molar-refractivity contribution is -0.122. The van der Waals surface area contributed by atoms with Gasteiger partial charge in [-0.25, -0.2) is 9.78 Å². The van der Waals surface area contributed by atoms with Crippen molar-refractivity contribution in [2.75, 3.05) is 11.5 Å². The van der Waals surface area contributed by atoms with Crippen molar-refractivity contribution in [3.63, 3.8) is 0 Å². The summed E-state index contributed by atoms with van der Waals surface area (Å²) in [6.45, 7) is 1.62. The van der Waals surface area contributed by atoms with Crippen molar-refractivity contribution >= 4 is 51.5 Å². The number of amides is 2. The molecule has 1 aliphatic heterocycles. The van der Waals surface area contributed by atoms with Crippen LogP contribution in [0.5, 0.6) is 0 Å². The molecule has 1 saturated heterocycles. The van der Waals surface area contributed by atoms with Gasteiger partial charge in [0.1, 0.15) is 0 Å². The van der Waals surface area contributed by atoms with E-state index in [-0.39, 0.29) is 42.0 Å². The predicted molar refractivity (Wildman–Crippen MR) is 149 cm³/mol. The van der Waals surface area contributed by atoms with Gasteiger partial charge in [0.05, 0.1) is 39.2 Å². The van der Waals surface area contributed by atoms with Crippen LogP contribution in [0, 0.1) is 17.8 Å². The van der Waals surface area contributed by atoms with Crippen molar-refractivity contribution in [2.24, 2.45) is 17.8 Å². The summed E-state index contributed by atoms with van der Waals surface area (Å²) in [4.78, 5) is 58.2. The first-order valence-electron chi connectivity index (χ1n) is 12.7. The Kier molecular flexibility index (Phi) is 6.40. The molecule has 3 heterocycles. The highest BCUT2D eigenvalue weighted by Crippen LogP contribution is 2.40. The molecule has 0 saturated carbocycles. The zero-order valence-corrected chi connectivity index (χ0v) is 21.9. The van der Waals surface area contributed by atoms with Gasteiger partial charge >= 0.3 is 5.97 Å². The monoisotopic (exact) mass is 536 g/mol. The molecule has 7 nitrogen and oxygen atoms in total. The third-order valence-electron chi connectivity index (χ3n) is 7.36. The van der Waals surface area contributed by atoms with E-state index in [0.717, 1.165) is 0 Å². The van der Waals surface area contributed by atoms with Gasteiger partial charge in [-0.15, -0.1) is 11.3 Å². The molecule has 39 heavy (non-hydrogen) atoms. The Bertz CT molecular complexity index is 1640. The first-order chi connectivity index (χ1) is 18.9. The molecule has 0 N–H and O–H groups in total. The molecule has 2 aromatic heterocycles. The molecular formula is C31H24N2O5S. The molecule has 0 bridgehead atoms. The Labute approximate surface area is 228 Å². The van der Waals surface area contributed by atoms with Gasteiger partial charge in [-0.2, -0.15) is 0 Å². The highest BCUT2D eigenvalue weighted by molar-refractivity contribution is 7.12. The topological polar surface area (TPSA) is 93.6 Å². The number of hydrogen-bond donors (Lipinski definition) is 0. The second-order valence-electron chi connectivity index (χ2n) is 9.76. The average molecular weight is 537 g/mol. The van der Waals surface area contributed by atoms with E-state index < -0.39 is 5.97 Å². The number of hydrogen-bond acceptors (Lipinski definition) is 7. The summed E-state index contributed by atoms with van der Waals surface area (Å²) in [6, 6.07) is 19.4. The number of pyridine rings is 1. The van der Waals surface area contributed by atoms with E-state index in [1.807, 2.05) is 31.2 Å². The van der Waals surface area contributed by atoms with Crippen molar-refractivity contribution in [1.29, 1.82) is 0 Å². The number of carbonyl (C=O) groups excluding carboxylic acids is 4. The first-order valence-corrected chi connectivity index (χ1v) is 13.6. The van der Waals surface area contributed by atoms with Crippen LogP contribution in [0.4, 0.5) is 5.69 Å². The molecule has 2 amide bonds. The van der Waals surface area contributed by atoms with Crippen molar-refractivity contribution in [2.45, 2.75) is 13.3 Å². The smallest absolute Gasteiger partial charge is 0.339 e. The van der Waals surface area contributed by atoms with Gasteiger partial charge in [0.25, 0.3) is 0 Å². The molecule has 4 aromatic rings. The normalized spacial score (nSPS) is 20.3. The number of allylic oxidation sites excluding steroid dienone is 2. The fraction of sp³-hybridized carbons (Fsp3) is 0.194. The number of anilines is 1. The number of nitrogens with zero attached hydrogens (tertiary/aromatic N) is 2. The Morgan fingerprint density at radius 1 is 1.03 bits per heavy atom. The summed E-state index contributed by atoms with van der Waals surface area (Å²) in [7, 11) is 0. The number of thiophene rings is 1. The number of benzene rings is 2. The number of para-hydroxylation sites is 1. The fourth-order valence-electron chi connectivity index (χ4n) is 5.39. The van der Waals surface area contributed by atoms with Gasteiger partial charge in [-0.1, -0.05) is 55.5 Å². The highest BCUT2D eigenvalue weighted by atomic mass is 32.1. The van der Waals surface area contributed by atoms with Gasteiger partial charge in [0, 0.05) is 10.9 Å². The molecule has 1 fully saturated rings. The van der Waals surface area contributed by atoms with E-state index >= 15 is 0 Å². The number of rotatable bonds is 6. The SMILES string of the molecule is CC1C=CCC2C(=O)N(c3ccc(-c4cc(C(=O)OCC(=O)c5cccs5)c5ccccc5n4)cc3)C(=O)C12. The minimum atomic E-state index is -0.616. The molecule has 194 valence electrons. The van der Waals surface area contributed by atoms with Crippen molar-refractivity contribution in [1.82, 2.24) is 4.98 Å². The maximum Gasteiger partial charge on any atom is 0.339 e. The van der Waals surface area contributed by atoms with Crippen molar-refractivity contribution in [3.8, 4) is 11.3 Å². The van der Waals surface area contributed by atoms with E-state index in [1.54, 1.807) is 60.0 Å². The van der Waals surface area contributed by atoms with Crippen LogP contribution in [-0.2, 0) is 14.3 Å². The van der Waals surface area contributed by atoms with Crippen LogP contribution >= 0.6 is 11.3 Å². The highest BCUT2D eigenvalue weighted by Gasteiger charge is 2.50. The van der Waals surface area contributed by atoms with Crippen molar-refractivity contribution in [3.05, 3.63) is 94.7 Å². The lowest BCUT2D eigenvalue weighted by atomic mass is 9.78. The second kappa shape index (κ2) is 10.0. The number of esters is 1. The molecule has 6 rings (SSSR count). The van der Waals surface area contributed by atoms with E-state index in [0.29, 0.717) is 44.7 Å². The number of Topliss-reactive ketones (excluding diaryl/α,β-unsaturated/α-hetero) is 1. The number of carbonyl (C=O) groups is 4. The van der Waals surface area contributed by atoms with Crippen molar-refractivity contribution < 1.29 is 23.9 Å². The first kappa shape index (κ1) is 24.9. The van der Waals surface area contributed by atoms with E-state index in [2.05, 4.69) is 0 Å². The maximum atomic E-state index is 13.2. The summed E-state index contributed by atoms with van der Waals surface area (Å²) >= 11 is 1.30. The Morgan fingerprint density at radius 2 is 1.82 bits per heavy atom. The van der Waals surface area contributed by atoms with Crippen LogP contribution in [0.3, 0.4) is 0 Å². The molecule has 1 aliphatic carbocycles. The largest absolute Gasteiger partial charge is 0.454 e. The standard InChI is InChI=1S/C31H24N2O5S/c1-18-6-4-8-22-28(18)30(36)33(29(22)35)20-13-11-19(12-14-20)25-16-23(21-7-2-3-9-24(21)32-25)31(37)38-17-26(34)27-10-5-15-39-27/h2-7,9-16,18,22,28H,8,17H2,1H3. The number of fused-ring (bicyclic) bond motifs is 2. The molecule has 8 heteroatoms. The number of imide groups is 1. The predicted octanol–water partition coefficient (Wildman–Crippen LogP) is 5.70. The number of ketones is 1. The van der Waals surface area contributed by atoms with Crippen LogP contribution < -0.4 is 4.90 Å². The summed E-state index contributed by atoms with van der Waals surface area (Å²) in [6.07, 6.45) is 4.56. The number of aromatic nitrogens is 1. The van der Waals surface area contributed by atoms with Crippen LogP contribution in [-0.4, -0.2) is 35.2 Å². The third kappa shape index (κ3) is 4.46. The quantitative estimate of drug-likeness (QED) is 0.136. The van der Waals surface area contributed by atoms with Crippen LogP contribution in [0.2, 0.25) is 0 Å². The Morgan fingerprint density at radius 3 is 2.56 bits per heavy atom. The van der Waals surface area contributed by atoms with Gasteiger partial charge in [-0.3, -0.25) is 19.3 Å². The Balaban J connectivity index is 1.28. The van der Waals surface area contributed by atoms with Crippen LogP contribution in [0.15, 0.2) is 84.3 Å². The van der Waals surface area contributed by atoms with Gasteiger partial charge in [0.2, 0.25) is 17.6 Å². The molecule has 0 spiro atoms. The summed E-state index contributed by atoms with van der Waals surface area (Å²) < 4.78 is 5.38. The molecule has 2 aromatic carbocycles. The van der Waals surface area contributed by atoms with E-state index in [4.69, 9.17) is 9.72 Å². The average Bonchev–Trinajstić information content (AvgIpc) is 3.59. The summed E-state index contributed by atoms with van der Waals surface area (Å²) in [5.74, 6) is -1.84. The Hall–Kier alpha value is -4.43. The molecule has 3 atom stereocenters. The van der Waals surface area contributed by atoms with Crippen LogP contribution in [0.25, 0.3) is 22.2 Å². The molecule has 0 radical (unpaired) electrons. The third-order valence-corrected chi connectivity index (χ3v) is 8.27. The molecule has 3 unspecified atom stereocenters. The second-order valence-corrected chi connectivity index (χ2v) is 10.7. The van der Waals surface area contributed by atoms with E-state index in [1.165, 1.54) is 16.2 Å². The minimum absolute atomic E-state index is 0.0186. The lowest BCUT2D eigenvalue weighted by Crippen LogP contribution is -2.31. The maximum absolute atomic E-state index is 13.2. The van der Waals surface area contributed by atoms with Crippen LogP contribution in [0.1, 0.15) is 33.4 Å². The van der Waals surface area contributed by atoms with Gasteiger partial charge in [-0.05, 0) is 48.1 Å². The number of ether oxygens (including phenoxy) is 1. The fourth-order valence-corrected chi connectivity index (χ4v) is 6.04. The zero-order chi connectivity index (χ0) is 27.1. The lowest BCUT2D eigenvalue weighted by Gasteiger charge is -2.22. The minimum Gasteiger partial charge on any atom is -0.454 e. The summed E-state index contributed by atoms with van der Waals surface area (Å²) in [5.41, 5.74) is 2.66. The molecule has 2 aliphatic rings.